The zero-order valence-corrected chi connectivity index (χ0v) is 11.9. The van der Waals surface area contributed by atoms with Crippen LogP contribution in [-0.4, -0.2) is 23.5 Å². The number of benzene rings is 1. The fourth-order valence-electron chi connectivity index (χ4n) is 2.17. The molecule has 0 spiro atoms. The van der Waals surface area contributed by atoms with Gasteiger partial charge in [0.15, 0.2) is 0 Å². The van der Waals surface area contributed by atoms with Crippen LogP contribution in [0.1, 0.15) is 20.3 Å². The minimum absolute atomic E-state index is 0.231. The van der Waals surface area contributed by atoms with Gasteiger partial charge in [0.2, 0.25) is 5.91 Å². The number of fused-ring (bicyclic) bond motifs is 1. The molecule has 5 heteroatoms. The first kappa shape index (κ1) is 14.1. The molecule has 2 aromatic rings. The number of amides is 1. The Bertz CT molecular complexity index is 638. The highest BCUT2D eigenvalue weighted by Gasteiger charge is 2.21. The Labute approximate surface area is 118 Å². The molecular formula is C15H19N3O2. The van der Waals surface area contributed by atoms with E-state index in [4.69, 9.17) is 10.5 Å². The van der Waals surface area contributed by atoms with E-state index in [0.29, 0.717) is 5.82 Å². The Kier molecular flexibility index (Phi) is 3.79. The van der Waals surface area contributed by atoms with Crippen molar-refractivity contribution in [3.8, 4) is 5.75 Å². The van der Waals surface area contributed by atoms with Crippen LogP contribution in [0.2, 0.25) is 0 Å². The van der Waals surface area contributed by atoms with Crippen LogP contribution in [-0.2, 0) is 4.79 Å². The molecule has 0 atom stereocenters. The number of nitrogens with one attached hydrogen (secondary N) is 1. The van der Waals surface area contributed by atoms with E-state index in [1.807, 2.05) is 38.1 Å². The van der Waals surface area contributed by atoms with Crippen LogP contribution in [0.15, 0.2) is 30.5 Å². The molecule has 3 N–H and O–H groups in total. The van der Waals surface area contributed by atoms with Crippen molar-refractivity contribution in [2.75, 3.05) is 12.4 Å². The van der Waals surface area contributed by atoms with Crippen molar-refractivity contribution in [1.82, 2.24) is 4.98 Å². The minimum atomic E-state index is -0.462. The maximum absolute atomic E-state index is 11.1. The number of pyridine rings is 1. The molecule has 1 aromatic heterocycles. The average molecular weight is 273 g/mol. The van der Waals surface area contributed by atoms with Crippen LogP contribution < -0.4 is 15.8 Å². The second kappa shape index (κ2) is 5.36. The lowest BCUT2D eigenvalue weighted by atomic mass is 10.00. The van der Waals surface area contributed by atoms with E-state index in [2.05, 4.69) is 10.3 Å². The molecule has 0 saturated carbocycles. The van der Waals surface area contributed by atoms with Gasteiger partial charge in [-0.15, -0.1) is 0 Å². The summed E-state index contributed by atoms with van der Waals surface area (Å²) in [6.45, 7) is 3.83. The Morgan fingerprint density at radius 3 is 2.80 bits per heavy atom. The molecule has 0 bridgehead atoms. The van der Waals surface area contributed by atoms with Gasteiger partial charge in [0.25, 0.3) is 0 Å². The first-order chi connectivity index (χ1) is 9.41. The van der Waals surface area contributed by atoms with Gasteiger partial charge in [-0.1, -0.05) is 6.07 Å². The number of hydrogen-bond donors (Lipinski definition) is 2. The molecule has 1 aromatic carbocycles. The normalized spacial score (nSPS) is 11.3. The topological polar surface area (TPSA) is 77.2 Å². The Morgan fingerprint density at radius 2 is 2.15 bits per heavy atom. The molecule has 20 heavy (non-hydrogen) atoms. The van der Waals surface area contributed by atoms with Gasteiger partial charge in [-0.05, 0) is 37.4 Å². The number of carbonyl (C=O) groups is 1. The number of methoxy groups -OCH3 is 1. The van der Waals surface area contributed by atoms with Gasteiger partial charge in [-0.3, -0.25) is 4.79 Å². The number of nitrogens with two attached hydrogens (primary N) is 1. The van der Waals surface area contributed by atoms with Crippen LogP contribution in [0.25, 0.3) is 10.8 Å². The second-order valence-corrected chi connectivity index (χ2v) is 5.40. The zero-order valence-electron chi connectivity index (χ0n) is 11.9. The van der Waals surface area contributed by atoms with Crippen molar-refractivity contribution in [3.05, 3.63) is 30.5 Å². The predicted octanol–water partition coefficient (Wildman–Crippen LogP) is 2.31. The van der Waals surface area contributed by atoms with Crippen molar-refractivity contribution >= 4 is 22.5 Å². The Hall–Kier alpha value is -2.30. The van der Waals surface area contributed by atoms with E-state index in [1.165, 1.54) is 0 Å². The summed E-state index contributed by atoms with van der Waals surface area (Å²) in [6, 6.07) is 7.73. The molecule has 0 aliphatic heterocycles. The summed E-state index contributed by atoms with van der Waals surface area (Å²) in [5.74, 6) is 1.13. The van der Waals surface area contributed by atoms with Crippen LogP contribution >= 0.6 is 0 Å². The monoisotopic (exact) mass is 273 g/mol. The first-order valence-electron chi connectivity index (χ1n) is 6.40. The van der Waals surface area contributed by atoms with E-state index < -0.39 is 5.54 Å². The van der Waals surface area contributed by atoms with E-state index in [0.717, 1.165) is 16.5 Å². The molecule has 0 unspecified atom stereocenters. The molecule has 5 nitrogen and oxygen atoms in total. The van der Waals surface area contributed by atoms with Crippen LogP contribution in [0.5, 0.6) is 5.75 Å². The van der Waals surface area contributed by atoms with Gasteiger partial charge in [-0.2, -0.15) is 0 Å². The van der Waals surface area contributed by atoms with Gasteiger partial charge in [0.1, 0.15) is 11.6 Å². The SMILES string of the molecule is COc1ccc2ccnc(NC(C)(C)CC(N)=O)c2c1. The molecule has 0 fully saturated rings. The number of anilines is 1. The molecule has 106 valence electrons. The third-order valence-corrected chi connectivity index (χ3v) is 3.05. The third-order valence-electron chi connectivity index (χ3n) is 3.05. The molecule has 1 heterocycles. The number of aromatic nitrogens is 1. The summed E-state index contributed by atoms with van der Waals surface area (Å²) in [5, 5.41) is 5.28. The molecular weight excluding hydrogens is 254 g/mol. The highest BCUT2D eigenvalue weighted by atomic mass is 16.5. The molecule has 0 aliphatic carbocycles. The largest absolute Gasteiger partial charge is 0.497 e. The minimum Gasteiger partial charge on any atom is -0.497 e. The molecule has 0 radical (unpaired) electrons. The smallest absolute Gasteiger partial charge is 0.219 e. The van der Waals surface area contributed by atoms with E-state index in [9.17, 15) is 4.79 Å². The van der Waals surface area contributed by atoms with Gasteiger partial charge in [0, 0.05) is 23.5 Å². The predicted molar refractivity (Wildman–Crippen MR) is 79.8 cm³/mol. The summed E-state index contributed by atoms with van der Waals surface area (Å²) in [4.78, 5) is 15.5. The zero-order chi connectivity index (χ0) is 14.8. The van der Waals surface area contributed by atoms with Crippen molar-refractivity contribution in [1.29, 1.82) is 0 Å². The third kappa shape index (κ3) is 3.17. The van der Waals surface area contributed by atoms with Crippen molar-refractivity contribution in [2.45, 2.75) is 25.8 Å². The highest BCUT2D eigenvalue weighted by Crippen LogP contribution is 2.28. The average Bonchev–Trinajstić information content (AvgIpc) is 2.36. The molecule has 2 rings (SSSR count). The van der Waals surface area contributed by atoms with Crippen LogP contribution in [0.4, 0.5) is 5.82 Å². The highest BCUT2D eigenvalue weighted by molar-refractivity contribution is 5.93. The number of ether oxygens (including phenoxy) is 1. The van der Waals surface area contributed by atoms with Gasteiger partial charge in [0.05, 0.1) is 7.11 Å². The van der Waals surface area contributed by atoms with Crippen molar-refractivity contribution in [2.24, 2.45) is 5.73 Å². The van der Waals surface area contributed by atoms with Gasteiger partial charge in [-0.25, -0.2) is 4.98 Å². The summed E-state index contributed by atoms with van der Waals surface area (Å²) in [7, 11) is 1.63. The van der Waals surface area contributed by atoms with Gasteiger partial charge < -0.3 is 15.8 Å². The summed E-state index contributed by atoms with van der Waals surface area (Å²) < 4.78 is 5.24. The van der Waals surface area contributed by atoms with Gasteiger partial charge >= 0.3 is 0 Å². The van der Waals surface area contributed by atoms with E-state index >= 15 is 0 Å². The lowest BCUT2D eigenvalue weighted by molar-refractivity contribution is -0.118. The second-order valence-electron chi connectivity index (χ2n) is 5.40. The maximum Gasteiger partial charge on any atom is 0.219 e. The number of carbonyl (C=O) groups excluding carboxylic acids is 1. The molecule has 1 amide bonds. The lowest BCUT2D eigenvalue weighted by Crippen LogP contribution is -2.36. The number of nitrogens with zero attached hydrogens (tertiary/aromatic N) is 1. The maximum atomic E-state index is 11.1. The molecule has 0 saturated heterocycles. The fraction of sp³-hybridized carbons (Fsp3) is 0.333. The summed E-state index contributed by atoms with van der Waals surface area (Å²) in [5.41, 5.74) is 4.81. The number of hydrogen-bond acceptors (Lipinski definition) is 4. The number of primary amides is 1. The Balaban J connectivity index is 2.41. The van der Waals surface area contributed by atoms with Crippen LogP contribution in [0, 0.1) is 0 Å². The van der Waals surface area contributed by atoms with E-state index in [1.54, 1.807) is 13.3 Å². The number of rotatable bonds is 5. The fourth-order valence-corrected chi connectivity index (χ4v) is 2.17. The lowest BCUT2D eigenvalue weighted by Gasteiger charge is -2.26. The first-order valence-corrected chi connectivity index (χ1v) is 6.40. The van der Waals surface area contributed by atoms with Crippen molar-refractivity contribution < 1.29 is 9.53 Å². The molecule has 0 aliphatic rings. The summed E-state index contributed by atoms with van der Waals surface area (Å²) >= 11 is 0. The van der Waals surface area contributed by atoms with Crippen molar-refractivity contribution in [3.63, 3.8) is 0 Å². The standard InChI is InChI=1S/C15H19N3O2/c1-15(2,9-13(16)19)18-14-12-8-11(20-3)5-4-10(12)6-7-17-14/h4-8H,9H2,1-3H3,(H2,16,19)(H,17,18). The quantitative estimate of drug-likeness (QED) is 0.876. The summed E-state index contributed by atoms with van der Waals surface area (Å²) in [6.07, 6.45) is 1.96. The van der Waals surface area contributed by atoms with Crippen LogP contribution in [0.3, 0.4) is 0 Å². The van der Waals surface area contributed by atoms with E-state index in [-0.39, 0.29) is 12.3 Å². The Morgan fingerprint density at radius 1 is 1.40 bits per heavy atom.